The van der Waals surface area contributed by atoms with Crippen LogP contribution in [0.4, 0.5) is 0 Å². The van der Waals surface area contributed by atoms with Gasteiger partial charge in [-0.2, -0.15) is 4.68 Å². The standard InChI is InChI=1S/C19H21N5O/c1-12-7-13(2)9-15(8-12)10-19-22-17(11-16(20)25)23-24(19)18-6-4-5-14(3)21-18/h4-9H,10-11H2,1-3H3,(H2,20,25). The highest BCUT2D eigenvalue weighted by Gasteiger charge is 2.15. The van der Waals surface area contributed by atoms with E-state index < -0.39 is 5.91 Å². The first-order chi connectivity index (χ1) is 11.9. The van der Waals surface area contributed by atoms with Crippen LogP contribution in [0.15, 0.2) is 36.4 Å². The summed E-state index contributed by atoms with van der Waals surface area (Å²) >= 11 is 0. The molecule has 0 saturated heterocycles. The number of pyridine rings is 1. The van der Waals surface area contributed by atoms with Gasteiger partial charge < -0.3 is 5.73 Å². The number of aryl methyl sites for hydroxylation is 3. The van der Waals surface area contributed by atoms with Gasteiger partial charge in [-0.15, -0.1) is 5.10 Å². The number of rotatable bonds is 5. The molecular formula is C19H21N5O. The maximum Gasteiger partial charge on any atom is 0.225 e. The molecule has 3 rings (SSSR count). The number of nitrogens with zero attached hydrogens (tertiary/aromatic N) is 4. The normalized spacial score (nSPS) is 10.8. The Morgan fingerprint density at radius 2 is 1.80 bits per heavy atom. The summed E-state index contributed by atoms with van der Waals surface area (Å²) in [6, 6.07) is 12.1. The van der Waals surface area contributed by atoms with Gasteiger partial charge in [0.15, 0.2) is 11.6 Å². The molecule has 2 aromatic heterocycles. The minimum absolute atomic E-state index is 0.0126. The lowest BCUT2D eigenvalue weighted by molar-refractivity contribution is -0.117. The summed E-state index contributed by atoms with van der Waals surface area (Å²) in [5.41, 5.74) is 9.73. The lowest BCUT2D eigenvalue weighted by Crippen LogP contribution is -2.14. The molecule has 6 nitrogen and oxygen atoms in total. The Bertz CT molecular complexity index is 909. The Morgan fingerprint density at radius 3 is 2.44 bits per heavy atom. The van der Waals surface area contributed by atoms with Crippen molar-refractivity contribution in [3.05, 3.63) is 70.4 Å². The third-order valence-corrected chi connectivity index (χ3v) is 3.78. The molecule has 3 aromatic rings. The zero-order valence-electron chi connectivity index (χ0n) is 14.7. The number of primary amides is 1. The number of hydrogen-bond acceptors (Lipinski definition) is 4. The molecule has 2 N–H and O–H groups in total. The SMILES string of the molecule is Cc1cc(C)cc(Cc2nc(CC(N)=O)nn2-c2cccc(C)n2)c1. The van der Waals surface area contributed by atoms with Crippen molar-refractivity contribution in [1.29, 1.82) is 0 Å². The van der Waals surface area contributed by atoms with Gasteiger partial charge in [0.05, 0.1) is 6.42 Å². The van der Waals surface area contributed by atoms with Crippen LogP contribution in [0.1, 0.15) is 34.0 Å². The van der Waals surface area contributed by atoms with Gasteiger partial charge >= 0.3 is 0 Å². The maximum atomic E-state index is 11.2. The van der Waals surface area contributed by atoms with Gasteiger partial charge in [-0.3, -0.25) is 4.79 Å². The predicted molar refractivity (Wildman–Crippen MR) is 95.5 cm³/mol. The van der Waals surface area contributed by atoms with E-state index in [0.717, 1.165) is 17.1 Å². The van der Waals surface area contributed by atoms with Crippen LogP contribution in [0.2, 0.25) is 0 Å². The number of amides is 1. The van der Waals surface area contributed by atoms with Crippen LogP contribution < -0.4 is 5.73 Å². The summed E-state index contributed by atoms with van der Waals surface area (Å²) in [4.78, 5) is 20.3. The molecule has 0 aliphatic heterocycles. The zero-order valence-corrected chi connectivity index (χ0v) is 14.7. The average Bonchev–Trinajstić information content (AvgIpc) is 2.87. The van der Waals surface area contributed by atoms with E-state index in [2.05, 4.69) is 47.1 Å². The molecule has 0 bridgehead atoms. The first-order valence-electron chi connectivity index (χ1n) is 8.15. The van der Waals surface area contributed by atoms with Crippen molar-refractivity contribution >= 4 is 5.91 Å². The lowest BCUT2D eigenvalue weighted by atomic mass is 10.0. The lowest BCUT2D eigenvalue weighted by Gasteiger charge is -2.07. The van der Waals surface area contributed by atoms with Crippen LogP contribution in [0, 0.1) is 20.8 Å². The first kappa shape index (κ1) is 16.8. The van der Waals surface area contributed by atoms with Gasteiger partial charge in [0, 0.05) is 12.1 Å². The average molecular weight is 335 g/mol. The van der Waals surface area contributed by atoms with Gasteiger partial charge in [0.2, 0.25) is 5.91 Å². The van der Waals surface area contributed by atoms with Crippen molar-refractivity contribution < 1.29 is 4.79 Å². The van der Waals surface area contributed by atoms with Crippen molar-refractivity contribution in [2.24, 2.45) is 5.73 Å². The predicted octanol–water partition coefficient (Wildman–Crippen LogP) is 2.21. The van der Waals surface area contributed by atoms with E-state index in [0.29, 0.717) is 18.1 Å². The van der Waals surface area contributed by atoms with Crippen LogP contribution in [0.25, 0.3) is 5.82 Å². The molecule has 0 radical (unpaired) electrons. The molecule has 1 amide bonds. The monoisotopic (exact) mass is 335 g/mol. The van der Waals surface area contributed by atoms with E-state index >= 15 is 0 Å². The number of nitrogens with two attached hydrogens (primary N) is 1. The van der Waals surface area contributed by atoms with E-state index in [1.807, 2.05) is 25.1 Å². The van der Waals surface area contributed by atoms with Gasteiger partial charge in [0.1, 0.15) is 5.82 Å². The molecule has 128 valence electrons. The summed E-state index contributed by atoms with van der Waals surface area (Å²) in [5.74, 6) is 1.38. The Balaban J connectivity index is 2.04. The third-order valence-electron chi connectivity index (χ3n) is 3.78. The quantitative estimate of drug-likeness (QED) is 0.774. The number of carbonyl (C=O) groups excluding carboxylic acids is 1. The number of hydrogen-bond donors (Lipinski definition) is 1. The topological polar surface area (TPSA) is 86.7 Å². The fourth-order valence-electron chi connectivity index (χ4n) is 2.92. The van der Waals surface area contributed by atoms with Crippen molar-refractivity contribution in [3.63, 3.8) is 0 Å². The molecule has 1 aromatic carbocycles. The van der Waals surface area contributed by atoms with E-state index in [1.165, 1.54) is 11.1 Å². The Kier molecular flexibility index (Phi) is 4.61. The van der Waals surface area contributed by atoms with E-state index in [-0.39, 0.29) is 6.42 Å². The Labute approximate surface area is 146 Å². The van der Waals surface area contributed by atoms with Crippen molar-refractivity contribution in [2.45, 2.75) is 33.6 Å². The smallest absolute Gasteiger partial charge is 0.225 e. The van der Waals surface area contributed by atoms with Crippen LogP contribution in [-0.2, 0) is 17.6 Å². The maximum absolute atomic E-state index is 11.2. The van der Waals surface area contributed by atoms with Gasteiger partial charge in [-0.1, -0.05) is 35.4 Å². The highest BCUT2D eigenvalue weighted by atomic mass is 16.1. The second-order valence-corrected chi connectivity index (χ2v) is 6.31. The summed E-state index contributed by atoms with van der Waals surface area (Å²) < 4.78 is 1.70. The zero-order chi connectivity index (χ0) is 18.0. The Hall–Kier alpha value is -3.02. The number of carbonyl (C=O) groups is 1. The molecule has 0 fully saturated rings. The summed E-state index contributed by atoms with van der Waals surface area (Å²) in [6.45, 7) is 6.07. The molecule has 0 saturated carbocycles. The van der Waals surface area contributed by atoms with Gasteiger partial charge in [-0.25, -0.2) is 9.97 Å². The first-order valence-corrected chi connectivity index (χ1v) is 8.15. The molecule has 25 heavy (non-hydrogen) atoms. The molecular weight excluding hydrogens is 314 g/mol. The third kappa shape index (κ3) is 4.09. The summed E-state index contributed by atoms with van der Waals surface area (Å²) in [6.07, 6.45) is 0.614. The molecule has 0 aliphatic rings. The minimum Gasteiger partial charge on any atom is -0.369 e. The van der Waals surface area contributed by atoms with E-state index in [9.17, 15) is 4.79 Å². The van der Waals surface area contributed by atoms with E-state index in [4.69, 9.17) is 5.73 Å². The second kappa shape index (κ2) is 6.84. The fraction of sp³-hybridized carbons (Fsp3) is 0.263. The van der Waals surface area contributed by atoms with Crippen molar-refractivity contribution in [2.75, 3.05) is 0 Å². The molecule has 6 heteroatoms. The molecule has 0 spiro atoms. The Morgan fingerprint density at radius 1 is 1.08 bits per heavy atom. The summed E-state index contributed by atoms with van der Waals surface area (Å²) in [7, 11) is 0. The number of aromatic nitrogens is 4. The van der Waals surface area contributed by atoms with Crippen LogP contribution >= 0.6 is 0 Å². The van der Waals surface area contributed by atoms with Crippen LogP contribution in [-0.4, -0.2) is 25.7 Å². The largest absolute Gasteiger partial charge is 0.369 e. The second-order valence-electron chi connectivity index (χ2n) is 6.31. The van der Waals surface area contributed by atoms with Crippen LogP contribution in [0.5, 0.6) is 0 Å². The van der Waals surface area contributed by atoms with E-state index in [1.54, 1.807) is 4.68 Å². The number of benzene rings is 1. The van der Waals surface area contributed by atoms with Crippen molar-refractivity contribution in [1.82, 2.24) is 19.7 Å². The molecule has 0 atom stereocenters. The minimum atomic E-state index is -0.452. The molecule has 0 unspecified atom stereocenters. The summed E-state index contributed by atoms with van der Waals surface area (Å²) in [5, 5.41) is 4.44. The highest BCUT2D eigenvalue weighted by molar-refractivity contribution is 5.75. The van der Waals surface area contributed by atoms with Crippen molar-refractivity contribution in [3.8, 4) is 5.82 Å². The van der Waals surface area contributed by atoms with Gasteiger partial charge in [0.25, 0.3) is 0 Å². The van der Waals surface area contributed by atoms with Gasteiger partial charge in [-0.05, 0) is 38.5 Å². The fourth-order valence-corrected chi connectivity index (χ4v) is 2.92. The van der Waals surface area contributed by atoms with Crippen LogP contribution in [0.3, 0.4) is 0 Å². The molecule has 0 aliphatic carbocycles. The highest BCUT2D eigenvalue weighted by Crippen LogP contribution is 2.16. The molecule has 2 heterocycles.